The van der Waals surface area contributed by atoms with Crippen molar-refractivity contribution in [2.75, 3.05) is 29.5 Å². The third-order valence-electron chi connectivity index (χ3n) is 4.31. The highest BCUT2D eigenvalue weighted by atomic mass is 32.2. The Labute approximate surface area is 146 Å². The molecule has 3 atom stereocenters. The number of hydrogen-bond acceptors (Lipinski definition) is 8. The topological polar surface area (TPSA) is 152 Å². The van der Waals surface area contributed by atoms with Crippen molar-refractivity contribution in [3.05, 3.63) is 6.07 Å². The van der Waals surface area contributed by atoms with Crippen LogP contribution in [0.2, 0.25) is 0 Å². The van der Waals surface area contributed by atoms with Crippen LogP contribution >= 0.6 is 23.5 Å². The molecule has 1 aromatic heterocycles. The number of carboxylic acid groups (broad SMARTS) is 1. The molecule has 3 rings (SSSR count). The first-order valence-corrected chi connectivity index (χ1v) is 9.24. The Morgan fingerprint density at radius 2 is 2.33 bits per heavy atom. The lowest BCUT2D eigenvalue weighted by molar-refractivity contribution is -0.698. The quantitative estimate of drug-likeness (QED) is 0.214. The standard InChI is InChI=1S/C13H18N6O3S2/c1-18-7(15)2-6(14)17-12(18)24-5-13(11(21)22)3-19-9(20)8(16)10(19)23-4-13/h2,8,10H,3-5,16H2,1H3,(H4,14,15,21,22)/p+1/t8?,10-,13?/m1/s1. The Bertz CT molecular complexity index is 717. The number of aliphatic carboxylic acids is 1. The van der Waals surface area contributed by atoms with Gasteiger partial charge < -0.3 is 27.2 Å². The van der Waals surface area contributed by atoms with Gasteiger partial charge in [-0.1, -0.05) is 16.7 Å². The number of aromatic nitrogens is 2. The van der Waals surface area contributed by atoms with Crippen molar-refractivity contribution in [3.8, 4) is 0 Å². The van der Waals surface area contributed by atoms with Crippen molar-refractivity contribution < 1.29 is 19.3 Å². The van der Waals surface area contributed by atoms with Crippen LogP contribution in [0.15, 0.2) is 11.2 Å². The molecule has 0 aromatic carbocycles. The number of anilines is 2. The molecule has 0 aliphatic carbocycles. The minimum Gasteiger partial charge on any atom is -0.481 e. The van der Waals surface area contributed by atoms with Crippen LogP contribution in [0.25, 0.3) is 0 Å². The van der Waals surface area contributed by atoms with Gasteiger partial charge in [0.25, 0.3) is 0 Å². The number of nitrogens with zero attached hydrogens (tertiary/aromatic N) is 3. The molecule has 7 N–H and O–H groups in total. The third kappa shape index (κ3) is 2.66. The number of carbonyl (C=O) groups excluding carboxylic acids is 1. The first-order valence-electron chi connectivity index (χ1n) is 7.21. The second-order valence-corrected chi connectivity index (χ2v) is 8.06. The average Bonchev–Trinajstić information content (AvgIpc) is 2.55. The lowest BCUT2D eigenvalue weighted by Crippen LogP contribution is -2.72. The van der Waals surface area contributed by atoms with E-state index in [4.69, 9.17) is 17.2 Å². The van der Waals surface area contributed by atoms with Gasteiger partial charge in [-0.3, -0.25) is 9.59 Å². The van der Waals surface area contributed by atoms with E-state index >= 15 is 0 Å². The maximum Gasteiger partial charge on any atom is 0.313 e. The summed E-state index contributed by atoms with van der Waals surface area (Å²) in [5.74, 6) is 0.230. The van der Waals surface area contributed by atoms with Gasteiger partial charge in [0.05, 0.1) is 13.1 Å². The van der Waals surface area contributed by atoms with Gasteiger partial charge in [-0.2, -0.15) is 0 Å². The highest BCUT2D eigenvalue weighted by Crippen LogP contribution is 2.43. The normalized spacial score (nSPS) is 29.1. The first kappa shape index (κ1) is 17.1. The third-order valence-corrected chi connectivity index (χ3v) is 7.24. The zero-order valence-electron chi connectivity index (χ0n) is 13.0. The fourth-order valence-corrected chi connectivity index (χ4v) is 5.52. The summed E-state index contributed by atoms with van der Waals surface area (Å²) in [6.07, 6.45) is 0. The molecule has 0 spiro atoms. The zero-order chi connectivity index (χ0) is 17.6. The van der Waals surface area contributed by atoms with Gasteiger partial charge in [-0.05, 0) is 0 Å². The summed E-state index contributed by atoms with van der Waals surface area (Å²) in [7, 11) is 1.74. The summed E-state index contributed by atoms with van der Waals surface area (Å²) in [5, 5.41) is 10.2. The number of carboxylic acids is 1. The predicted molar refractivity (Wildman–Crippen MR) is 91.0 cm³/mol. The highest BCUT2D eigenvalue weighted by molar-refractivity contribution is 8.00. The number of nitrogens with two attached hydrogens (primary N) is 3. The Morgan fingerprint density at radius 3 is 3.00 bits per heavy atom. The highest BCUT2D eigenvalue weighted by Gasteiger charge is 2.55. The van der Waals surface area contributed by atoms with E-state index in [2.05, 4.69) is 4.98 Å². The smallest absolute Gasteiger partial charge is 0.313 e. The molecule has 1 aromatic rings. The van der Waals surface area contributed by atoms with Gasteiger partial charge in [0.15, 0.2) is 0 Å². The number of amides is 1. The fourth-order valence-electron chi connectivity index (χ4n) is 2.72. The van der Waals surface area contributed by atoms with Crippen molar-refractivity contribution in [1.82, 2.24) is 9.88 Å². The van der Waals surface area contributed by atoms with Crippen LogP contribution in [0.4, 0.5) is 11.6 Å². The lowest BCUT2D eigenvalue weighted by Gasteiger charge is -2.52. The van der Waals surface area contributed by atoms with E-state index in [1.807, 2.05) is 0 Å². The molecule has 3 heterocycles. The van der Waals surface area contributed by atoms with E-state index in [1.165, 1.54) is 29.6 Å². The van der Waals surface area contributed by atoms with Crippen LogP contribution in [0.5, 0.6) is 0 Å². The van der Waals surface area contributed by atoms with Gasteiger partial charge in [0.1, 0.15) is 16.8 Å². The number of nitrogen functional groups attached to an aromatic ring is 2. The van der Waals surface area contributed by atoms with Gasteiger partial charge in [0, 0.05) is 18.1 Å². The van der Waals surface area contributed by atoms with E-state index in [0.717, 1.165) is 0 Å². The van der Waals surface area contributed by atoms with Crippen molar-refractivity contribution in [2.24, 2.45) is 18.2 Å². The predicted octanol–water partition coefficient (Wildman–Crippen LogP) is -1.52. The van der Waals surface area contributed by atoms with Gasteiger partial charge in [-0.25, -0.2) is 4.57 Å². The minimum atomic E-state index is -1.06. The summed E-state index contributed by atoms with van der Waals surface area (Å²) >= 11 is 2.68. The molecule has 2 fully saturated rings. The molecule has 9 nitrogen and oxygen atoms in total. The van der Waals surface area contributed by atoms with Crippen molar-refractivity contribution >= 4 is 47.0 Å². The zero-order valence-corrected chi connectivity index (χ0v) is 14.6. The molecule has 24 heavy (non-hydrogen) atoms. The van der Waals surface area contributed by atoms with Crippen molar-refractivity contribution in [3.63, 3.8) is 0 Å². The Kier molecular flexibility index (Phi) is 4.26. The number of rotatable bonds is 4. The van der Waals surface area contributed by atoms with Crippen LogP contribution in [-0.4, -0.2) is 56.3 Å². The fraction of sp³-hybridized carbons (Fsp3) is 0.538. The number of β-lactam (4-membered cyclic amide) rings is 1. The Morgan fingerprint density at radius 1 is 1.62 bits per heavy atom. The maximum atomic E-state index is 11.9. The molecule has 2 aliphatic rings. The van der Waals surface area contributed by atoms with E-state index in [-0.39, 0.29) is 29.4 Å². The molecule has 0 radical (unpaired) electrons. The van der Waals surface area contributed by atoms with E-state index < -0.39 is 17.4 Å². The summed E-state index contributed by atoms with van der Waals surface area (Å²) in [5.41, 5.74) is 16.2. The van der Waals surface area contributed by atoms with Gasteiger partial charge in [0.2, 0.25) is 17.5 Å². The summed E-state index contributed by atoms with van der Waals surface area (Å²) < 4.78 is 1.65. The maximum absolute atomic E-state index is 11.9. The van der Waals surface area contributed by atoms with E-state index in [9.17, 15) is 14.7 Å². The molecule has 2 saturated heterocycles. The molecule has 130 valence electrons. The second kappa shape index (κ2) is 5.97. The van der Waals surface area contributed by atoms with Gasteiger partial charge >= 0.3 is 11.1 Å². The first-order chi connectivity index (χ1) is 11.2. The van der Waals surface area contributed by atoms with Crippen molar-refractivity contribution in [1.29, 1.82) is 0 Å². The number of thioether (sulfide) groups is 2. The SMILES string of the molecule is C[n+]1c(N)cc(N)nc1SCC1(C(=O)O)CS[C@@H]2C(N)C(=O)N2C1. The average molecular weight is 371 g/mol. The minimum absolute atomic E-state index is 0.118. The monoisotopic (exact) mass is 371 g/mol. The molecule has 0 bridgehead atoms. The van der Waals surface area contributed by atoms with Crippen LogP contribution in [0.3, 0.4) is 0 Å². The number of fused-ring (bicyclic) bond motifs is 1. The van der Waals surface area contributed by atoms with E-state index in [0.29, 0.717) is 16.7 Å². The van der Waals surface area contributed by atoms with E-state index in [1.54, 1.807) is 16.5 Å². The number of hydrogen-bond donors (Lipinski definition) is 4. The summed E-state index contributed by atoms with van der Waals surface area (Å²) in [4.78, 5) is 29.5. The number of carbonyl (C=O) groups is 2. The molecule has 0 saturated carbocycles. The Hall–Kier alpha value is -1.72. The van der Waals surface area contributed by atoms with Crippen LogP contribution in [0.1, 0.15) is 0 Å². The summed E-state index contributed by atoms with van der Waals surface area (Å²) in [6.45, 7) is 0.154. The Balaban J connectivity index is 1.79. The van der Waals surface area contributed by atoms with Crippen LogP contribution in [0, 0.1) is 5.41 Å². The lowest BCUT2D eigenvalue weighted by atomic mass is 9.89. The van der Waals surface area contributed by atoms with Gasteiger partial charge in [-0.15, -0.1) is 11.8 Å². The molecular weight excluding hydrogens is 352 g/mol. The molecule has 2 unspecified atom stereocenters. The van der Waals surface area contributed by atoms with Crippen molar-refractivity contribution in [2.45, 2.75) is 16.6 Å². The summed E-state index contributed by atoms with van der Waals surface area (Å²) in [6, 6.07) is 1.01. The molecule has 11 heteroatoms. The molecular formula is C13H19N6O3S2+. The second-order valence-electron chi connectivity index (χ2n) is 6.02. The van der Waals surface area contributed by atoms with Crippen LogP contribution in [-0.2, 0) is 16.6 Å². The molecule has 2 aliphatic heterocycles. The largest absolute Gasteiger partial charge is 0.481 e. The van der Waals surface area contributed by atoms with Crippen LogP contribution < -0.4 is 21.8 Å². The molecule has 1 amide bonds.